The average molecular weight is 629 g/mol. The van der Waals surface area contributed by atoms with Crippen molar-refractivity contribution >= 4 is 52.4 Å². The van der Waals surface area contributed by atoms with Gasteiger partial charge in [0.1, 0.15) is 17.0 Å². The molecular formula is C32H32Cl2FN3O5. The SMILES string of the molecule is CCOc1cc(C(=O)O)ccc1NC(=O)[C@@H]1N[C@@H](CC(C)(C)C)C2(C(=O)Nc3cc(Cl)ccc32)[C@@H]1c1cccc(Cl)c1F. The monoisotopic (exact) mass is 627 g/mol. The number of benzene rings is 3. The Morgan fingerprint density at radius 3 is 2.53 bits per heavy atom. The molecule has 1 saturated heterocycles. The van der Waals surface area contributed by atoms with Crippen molar-refractivity contribution in [2.75, 3.05) is 17.2 Å². The van der Waals surface area contributed by atoms with Crippen LogP contribution in [0, 0.1) is 11.2 Å². The molecule has 3 aromatic rings. The summed E-state index contributed by atoms with van der Waals surface area (Å²) < 4.78 is 21.6. The highest BCUT2D eigenvalue weighted by Crippen LogP contribution is 2.57. The summed E-state index contributed by atoms with van der Waals surface area (Å²) in [5.41, 5.74) is -0.268. The van der Waals surface area contributed by atoms with Gasteiger partial charge in [-0.15, -0.1) is 0 Å². The van der Waals surface area contributed by atoms with Crippen LogP contribution in [0.3, 0.4) is 0 Å². The van der Waals surface area contributed by atoms with Crippen LogP contribution in [0.1, 0.15) is 61.5 Å². The molecule has 1 spiro atoms. The Morgan fingerprint density at radius 1 is 1.12 bits per heavy atom. The lowest BCUT2D eigenvalue weighted by atomic mass is 9.62. The third kappa shape index (κ3) is 5.46. The van der Waals surface area contributed by atoms with Crippen LogP contribution in [0.2, 0.25) is 10.0 Å². The lowest BCUT2D eigenvalue weighted by Gasteiger charge is -2.37. The number of fused-ring (bicyclic) bond motifs is 2. The number of ether oxygens (including phenoxy) is 1. The molecule has 1 fully saturated rings. The van der Waals surface area contributed by atoms with Crippen LogP contribution in [-0.4, -0.2) is 41.6 Å². The minimum Gasteiger partial charge on any atom is -0.492 e. The normalized spacial score (nSPS) is 22.8. The van der Waals surface area contributed by atoms with Gasteiger partial charge in [0.25, 0.3) is 0 Å². The van der Waals surface area contributed by atoms with Crippen molar-refractivity contribution in [3.63, 3.8) is 0 Å². The van der Waals surface area contributed by atoms with E-state index in [0.717, 1.165) is 0 Å². The summed E-state index contributed by atoms with van der Waals surface area (Å²) >= 11 is 12.6. The molecule has 4 N–H and O–H groups in total. The molecule has 2 amide bonds. The van der Waals surface area contributed by atoms with E-state index in [4.69, 9.17) is 27.9 Å². The molecule has 5 rings (SSSR count). The zero-order valence-corrected chi connectivity index (χ0v) is 25.6. The van der Waals surface area contributed by atoms with E-state index in [1.54, 1.807) is 37.3 Å². The maximum absolute atomic E-state index is 16.0. The fraction of sp³-hybridized carbons (Fsp3) is 0.344. The first-order chi connectivity index (χ1) is 20.3. The van der Waals surface area contributed by atoms with Gasteiger partial charge >= 0.3 is 5.97 Å². The second kappa shape index (κ2) is 11.4. The molecule has 3 aromatic carbocycles. The van der Waals surface area contributed by atoms with Crippen LogP contribution >= 0.6 is 23.2 Å². The van der Waals surface area contributed by atoms with Crippen LogP contribution in [0.4, 0.5) is 15.8 Å². The Labute approximate surface area is 258 Å². The number of carbonyl (C=O) groups is 3. The fourth-order valence-corrected chi connectivity index (χ4v) is 6.75. The molecule has 2 aliphatic heterocycles. The predicted molar refractivity (Wildman–Crippen MR) is 164 cm³/mol. The first-order valence-electron chi connectivity index (χ1n) is 13.9. The Hall–Kier alpha value is -3.66. The van der Waals surface area contributed by atoms with E-state index < -0.39 is 41.1 Å². The summed E-state index contributed by atoms with van der Waals surface area (Å²) in [6.45, 7) is 8.04. The lowest BCUT2D eigenvalue weighted by molar-refractivity contribution is -0.122. The van der Waals surface area contributed by atoms with Gasteiger partial charge in [0, 0.05) is 22.7 Å². The molecule has 2 heterocycles. The number of anilines is 2. The van der Waals surface area contributed by atoms with E-state index in [2.05, 4.69) is 16.0 Å². The van der Waals surface area contributed by atoms with Crippen LogP contribution in [0.25, 0.3) is 0 Å². The number of nitrogens with one attached hydrogen (secondary N) is 3. The van der Waals surface area contributed by atoms with Crippen molar-refractivity contribution in [2.45, 2.75) is 57.5 Å². The van der Waals surface area contributed by atoms with Gasteiger partial charge in [0.05, 0.1) is 28.9 Å². The van der Waals surface area contributed by atoms with Gasteiger partial charge in [-0.25, -0.2) is 9.18 Å². The van der Waals surface area contributed by atoms with Gasteiger partial charge in [-0.2, -0.15) is 0 Å². The number of amides is 2. The highest BCUT2D eigenvalue weighted by atomic mass is 35.5. The van der Waals surface area contributed by atoms with Crippen molar-refractivity contribution in [3.05, 3.63) is 87.2 Å². The Bertz CT molecular complexity index is 1620. The van der Waals surface area contributed by atoms with Gasteiger partial charge in [-0.1, -0.05) is 62.2 Å². The summed E-state index contributed by atoms with van der Waals surface area (Å²) in [7, 11) is 0. The predicted octanol–water partition coefficient (Wildman–Crippen LogP) is 6.62. The van der Waals surface area contributed by atoms with E-state index in [-0.39, 0.29) is 45.5 Å². The van der Waals surface area contributed by atoms with E-state index in [1.165, 1.54) is 24.3 Å². The summed E-state index contributed by atoms with van der Waals surface area (Å²) in [6, 6.07) is 12.0. The van der Waals surface area contributed by atoms with Gasteiger partial charge in [-0.05, 0) is 66.3 Å². The van der Waals surface area contributed by atoms with Gasteiger partial charge in [0.2, 0.25) is 11.8 Å². The standard InChI is InChI=1S/C32H32Cl2FN3O5/c1-5-43-23-13-16(29(40)41)9-12-21(23)36-28(39)27-25(18-7-6-8-20(34)26(18)35)32(24(38-27)15-31(2,3)4)19-11-10-17(33)14-22(19)37-30(32)42/h6-14,24-25,27,38H,5,15H2,1-4H3,(H,36,39)(H,37,42)(H,40,41)/t24-,25+,27+,32?/m0/s1. The molecular weight excluding hydrogens is 596 g/mol. The smallest absolute Gasteiger partial charge is 0.335 e. The molecule has 4 atom stereocenters. The third-order valence-electron chi connectivity index (χ3n) is 8.01. The summed E-state index contributed by atoms with van der Waals surface area (Å²) in [5, 5.41) is 18.9. The number of hydrogen-bond donors (Lipinski definition) is 4. The van der Waals surface area contributed by atoms with E-state index in [0.29, 0.717) is 22.7 Å². The van der Waals surface area contributed by atoms with Gasteiger partial charge < -0.3 is 25.8 Å². The Morgan fingerprint density at radius 2 is 1.86 bits per heavy atom. The third-order valence-corrected chi connectivity index (χ3v) is 8.53. The fourth-order valence-electron chi connectivity index (χ4n) is 6.40. The maximum atomic E-state index is 16.0. The molecule has 0 aromatic heterocycles. The second-order valence-electron chi connectivity index (χ2n) is 12.0. The number of carboxylic acid groups (broad SMARTS) is 1. The molecule has 8 nitrogen and oxygen atoms in total. The quantitative estimate of drug-likeness (QED) is 0.234. The molecule has 0 bridgehead atoms. The maximum Gasteiger partial charge on any atom is 0.335 e. The summed E-state index contributed by atoms with van der Waals surface area (Å²) in [5.74, 6) is -3.67. The van der Waals surface area contributed by atoms with E-state index in [9.17, 15) is 19.5 Å². The first kappa shape index (κ1) is 30.8. The molecule has 226 valence electrons. The van der Waals surface area contributed by atoms with Crippen molar-refractivity contribution in [3.8, 4) is 5.75 Å². The van der Waals surface area contributed by atoms with Crippen molar-refractivity contribution in [1.29, 1.82) is 0 Å². The number of aromatic carboxylic acids is 1. The number of halogens is 3. The molecule has 11 heteroatoms. The molecule has 43 heavy (non-hydrogen) atoms. The van der Waals surface area contributed by atoms with E-state index in [1.807, 2.05) is 20.8 Å². The van der Waals surface area contributed by atoms with Crippen LogP contribution in [-0.2, 0) is 15.0 Å². The van der Waals surface area contributed by atoms with Crippen molar-refractivity contribution in [1.82, 2.24) is 5.32 Å². The first-order valence-corrected chi connectivity index (χ1v) is 14.7. The molecule has 0 saturated carbocycles. The Kier molecular flexibility index (Phi) is 8.19. The van der Waals surface area contributed by atoms with Crippen LogP contribution in [0.5, 0.6) is 5.75 Å². The second-order valence-corrected chi connectivity index (χ2v) is 12.9. The number of rotatable bonds is 7. The molecule has 1 unspecified atom stereocenters. The number of hydrogen-bond acceptors (Lipinski definition) is 5. The minimum absolute atomic E-state index is 0.0126. The summed E-state index contributed by atoms with van der Waals surface area (Å²) in [6.07, 6.45) is 0.461. The lowest BCUT2D eigenvalue weighted by Crippen LogP contribution is -2.49. The van der Waals surface area contributed by atoms with Crippen molar-refractivity contribution < 1.29 is 28.6 Å². The van der Waals surface area contributed by atoms with Gasteiger partial charge in [0.15, 0.2) is 0 Å². The zero-order valence-electron chi connectivity index (χ0n) is 24.1. The highest BCUT2D eigenvalue weighted by Gasteiger charge is 2.66. The molecule has 2 aliphatic rings. The highest BCUT2D eigenvalue weighted by molar-refractivity contribution is 6.31. The minimum atomic E-state index is -1.41. The molecule has 0 radical (unpaired) electrons. The Balaban J connectivity index is 1.70. The number of carbonyl (C=O) groups excluding carboxylic acids is 2. The average Bonchev–Trinajstić information content (AvgIpc) is 3.40. The number of carboxylic acids is 1. The van der Waals surface area contributed by atoms with Crippen LogP contribution in [0.15, 0.2) is 54.6 Å². The van der Waals surface area contributed by atoms with Gasteiger partial charge in [-0.3, -0.25) is 9.59 Å². The zero-order chi connectivity index (χ0) is 31.3. The van der Waals surface area contributed by atoms with E-state index >= 15 is 4.39 Å². The van der Waals surface area contributed by atoms with Crippen LogP contribution < -0.4 is 20.7 Å². The largest absolute Gasteiger partial charge is 0.492 e. The van der Waals surface area contributed by atoms with Crippen molar-refractivity contribution in [2.24, 2.45) is 5.41 Å². The topological polar surface area (TPSA) is 117 Å². The molecule has 0 aliphatic carbocycles. The summed E-state index contributed by atoms with van der Waals surface area (Å²) in [4.78, 5) is 40.1.